The van der Waals surface area contributed by atoms with Crippen molar-refractivity contribution in [1.82, 2.24) is 20.1 Å². The van der Waals surface area contributed by atoms with Crippen molar-refractivity contribution in [3.05, 3.63) is 41.7 Å². The fourth-order valence-electron chi connectivity index (χ4n) is 1.67. The topological polar surface area (TPSA) is 87.9 Å². The van der Waals surface area contributed by atoms with Crippen LogP contribution < -0.4 is 5.73 Å². The Morgan fingerprint density at radius 3 is 2.61 bits per heavy atom. The Hall–Kier alpha value is -2.37. The number of aromatic amines is 1. The van der Waals surface area contributed by atoms with Gasteiger partial charge in [0.25, 0.3) is 5.91 Å². The summed E-state index contributed by atoms with van der Waals surface area (Å²) in [7, 11) is 1.72. The highest BCUT2D eigenvalue weighted by Crippen LogP contribution is 2.19. The van der Waals surface area contributed by atoms with Gasteiger partial charge >= 0.3 is 0 Å². The van der Waals surface area contributed by atoms with Crippen LogP contribution in [0.5, 0.6) is 0 Å². The lowest BCUT2D eigenvalue weighted by atomic mass is 10.1. The van der Waals surface area contributed by atoms with E-state index in [2.05, 4.69) is 15.2 Å². The Morgan fingerprint density at radius 1 is 1.39 bits per heavy atom. The number of hydrogen-bond donors (Lipinski definition) is 2. The maximum atomic E-state index is 12.1. The number of nitrogens with zero attached hydrogens (tertiary/aromatic N) is 3. The van der Waals surface area contributed by atoms with Crippen molar-refractivity contribution in [2.45, 2.75) is 13.0 Å². The van der Waals surface area contributed by atoms with Gasteiger partial charge in [-0.3, -0.25) is 9.89 Å². The molecule has 6 heteroatoms. The number of carbonyl (C=O) groups excluding carboxylic acids is 1. The van der Waals surface area contributed by atoms with Gasteiger partial charge in [0.15, 0.2) is 0 Å². The molecule has 94 valence electrons. The standard InChI is InChI=1S/C12H15N5O/c1-8(9-6-4-3-5-7-9)17(2)11(18)10-14-12(13)16-15-10/h3-8H,1-2H3,(H3,13,14,15,16). The van der Waals surface area contributed by atoms with Gasteiger partial charge in [0, 0.05) is 7.05 Å². The number of nitrogen functional groups attached to an aromatic ring is 1. The van der Waals surface area contributed by atoms with Gasteiger partial charge in [-0.15, -0.1) is 5.10 Å². The van der Waals surface area contributed by atoms with Gasteiger partial charge in [0.2, 0.25) is 11.8 Å². The van der Waals surface area contributed by atoms with Crippen molar-refractivity contribution in [3.8, 4) is 0 Å². The predicted molar refractivity (Wildman–Crippen MR) is 67.7 cm³/mol. The molecule has 6 nitrogen and oxygen atoms in total. The van der Waals surface area contributed by atoms with Gasteiger partial charge in [0.05, 0.1) is 6.04 Å². The zero-order valence-electron chi connectivity index (χ0n) is 10.3. The molecule has 0 spiro atoms. The highest BCUT2D eigenvalue weighted by Gasteiger charge is 2.21. The highest BCUT2D eigenvalue weighted by molar-refractivity contribution is 5.90. The second kappa shape index (κ2) is 4.87. The van der Waals surface area contributed by atoms with Crippen molar-refractivity contribution in [2.75, 3.05) is 12.8 Å². The van der Waals surface area contributed by atoms with Gasteiger partial charge in [-0.1, -0.05) is 30.3 Å². The van der Waals surface area contributed by atoms with Crippen molar-refractivity contribution in [2.24, 2.45) is 0 Å². The van der Waals surface area contributed by atoms with E-state index < -0.39 is 0 Å². The molecule has 0 aliphatic heterocycles. The quantitative estimate of drug-likeness (QED) is 0.851. The number of nitrogens with one attached hydrogen (secondary N) is 1. The van der Waals surface area contributed by atoms with E-state index in [4.69, 9.17) is 5.73 Å². The molecule has 2 aromatic rings. The second-order valence-electron chi connectivity index (χ2n) is 4.04. The lowest BCUT2D eigenvalue weighted by Crippen LogP contribution is -2.30. The molecule has 1 atom stereocenters. The largest absolute Gasteiger partial charge is 0.366 e. The first-order chi connectivity index (χ1) is 8.59. The first-order valence-corrected chi connectivity index (χ1v) is 5.59. The second-order valence-corrected chi connectivity index (χ2v) is 4.04. The Bertz CT molecular complexity index is 536. The molecule has 1 unspecified atom stereocenters. The van der Waals surface area contributed by atoms with E-state index in [1.165, 1.54) is 0 Å². The first kappa shape index (κ1) is 12.1. The van der Waals surface area contributed by atoms with Gasteiger partial charge in [-0.25, -0.2) is 0 Å². The average molecular weight is 245 g/mol. The van der Waals surface area contributed by atoms with Crippen molar-refractivity contribution in [3.63, 3.8) is 0 Å². The maximum Gasteiger partial charge on any atom is 0.291 e. The number of amides is 1. The van der Waals surface area contributed by atoms with Crippen LogP contribution in [0.25, 0.3) is 0 Å². The normalized spacial score (nSPS) is 12.1. The molecule has 3 N–H and O–H groups in total. The third-order valence-electron chi connectivity index (χ3n) is 2.89. The predicted octanol–water partition coefficient (Wildman–Crippen LogP) is 1.22. The molecule has 0 bridgehead atoms. The summed E-state index contributed by atoms with van der Waals surface area (Å²) >= 11 is 0. The number of benzene rings is 1. The van der Waals surface area contributed by atoms with Gasteiger partial charge in [-0.05, 0) is 12.5 Å². The van der Waals surface area contributed by atoms with E-state index in [0.717, 1.165) is 5.56 Å². The molecular weight excluding hydrogens is 230 g/mol. The molecule has 0 aliphatic rings. The summed E-state index contributed by atoms with van der Waals surface area (Å²) in [6.45, 7) is 1.95. The summed E-state index contributed by atoms with van der Waals surface area (Å²) in [6, 6.07) is 9.72. The maximum absolute atomic E-state index is 12.1. The van der Waals surface area contributed by atoms with Gasteiger partial charge in [0.1, 0.15) is 0 Å². The van der Waals surface area contributed by atoms with E-state index in [9.17, 15) is 4.79 Å². The Balaban J connectivity index is 2.16. The third kappa shape index (κ3) is 2.32. The van der Waals surface area contributed by atoms with Crippen LogP contribution in [0.3, 0.4) is 0 Å². The summed E-state index contributed by atoms with van der Waals surface area (Å²) in [5.74, 6) is -0.0209. The molecule has 0 aliphatic carbocycles. The van der Waals surface area contributed by atoms with Gasteiger partial charge < -0.3 is 10.6 Å². The SMILES string of the molecule is CC(c1ccccc1)N(C)C(=O)c1nc(N)n[nH]1. The van der Waals surface area contributed by atoms with E-state index >= 15 is 0 Å². The Labute approximate surface area is 105 Å². The lowest BCUT2D eigenvalue weighted by Gasteiger charge is -2.24. The first-order valence-electron chi connectivity index (χ1n) is 5.59. The molecule has 1 heterocycles. The monoisotopic (exact) mass is 245 g/mol. The smallest absolute Gasteiger partial charge is 0.291 e. The van der Waals surface area contributed by atoms with Crippen molar-refractivity contribution in [1.29, 1.82) is 0 Å². The minimum atomic E-state index is -0.240. The number of nitrogens with two attached hydrogens (primary N) is 1. The van der Waals surface area contributed by atoms with E-state index in [0.29, 0.717) is 0 Å². The molecule has 0 radical (unpaired) electrons. The fourth-order valence-corrected chi connectivity index (χ4v) is 1.67. The number of carbonyl (C=O) groups is 1. The number of H-pyrrole nitrogens is 1. The van der Waals surface area contributed by atoms with Crippen LogP contribution in [0.1, 0.15) is 29.1 Å². The third-order valence-corrected chi connectivity index (χ3v) is 2.89. The minimum absolute atomic E-state index is 0.0509. The summed E-state index contributed by atoms with van der Waals surface area (Å²) in [5.41, 5.74) is 6.44. The molecule has 0 saturated carbocycles. The van der Waals surface area contributed by atoms with Crippen molar-refractivity contribution >= 4 is 11.9 Å². The van der Waals surface area contributed by atoms with Crippen molar-refractivity contribution < 1.29 is 4.79 Å². The van der Waals surface area contributed by atoms with Crippen LogP contribution in [0, 0.1) is 0 Å². The molecule has 1 aromatic carbocycles. The molecule has 2 rings (SSSR count). The van der Waals surface area contributed by atoms with Crippen LogP contribution in [0.15, 0.2) is 30.3 Å². The molecule has 18 heavy (non-hydrogen) atoms. The number of hydrogen-bond acceptors (Lipinski definition) is 4. The van der Waals surface area contributed by atoms with Gasteiger partial charge in [-0.2, -0.15) is 4.98 Å². The van der Waals surface area contributed by atoms with Crippen LogP contribution >= 0.6 is 0 Å². The van der Waals surface area contributed by atoms with E-state index in [1.54, 1.807) is 11.9 Å². The summed E-state index contributed by atoms with van der Waals surface area (Å²) in [6.07, 6.45) is 0. The number of rotatable bonds is 3. The Kier molecular flexibility index (Phi) is 3.27. The van der Waals surface area contributed by atoms with E-state index in [-0.39, 0.29) is 23.7 Å². The minimum Gasteiger partial charge on any atom is -0.366 e. The zero-order valence-corrected chi connectivity index (χ0v) is 10.3. The highest BCUT2D eigenvalue weighted by atomic mass is 16.2. The molecular formula is C12H15N5O. The molecule has 1 amide bonds. The van der Waals surface area contributed by atoms with E-state index in [1.807, 2.05) is 37.3 Å². The lowest BCUT2D eigenvalue weighted by molar-refractivity contribution is 0.0731. The van der Waals surface area contributed by atoms with Crippen LogP contribution in [0.2, 0.25) is 0 Å². The summed E-state index contributed by atoms with van der Waals surface area (Å²) in [5, 5.41) is 6.16. The molecule has 1 aromatic heterocycles. The molecule has 0 fully saturated rings. The fraction of sp³-hybridized carbons (Fsp3) is 0.250. The molecule has 0 saturated heterocycles. The number of anilines is 1. The summed E-state index contributed by atoms with van der Waals surface area (Å²) < 4.78 is 0. The van der Waals surface area contributed by atoms with Crippen LogP contribution in [-0.4, -0.2) is 33.0 Å². The van der Waals surface area contributed by atoms with Crippen LogP contribution in [-0.2, 0) is 0 Å². The number of aromatic nitrogens is 3. The average Bonchev–Trinajstić information content (AvgIpc) is 2.84. The Morgan fingerprint density at radius 2 is 2.06 bits per heavy atom. The summed E-state index contributed by atoms with van der Waals surface area (Å²) in [4.78, 5) is 17.5. The zero-order chi connectivity index (χ0) is 13.1. The van der Waals surface area contributed by atoms with Crippen LogP contribution in [0.4, 0.5) is 5.95 Å².